The predicted molar refractivity (Wildman–Crippen MR) is 52.8 cm³/mol. The Morgan fingerprint density at radius 3 is 1.79 bits per heavy atom. The number of carbonyl (C=O) groups is 1. The van der Waals surface area contributed by atoms with Gasteiger partial charge in [0.25, 0.3) is 0 Å². The van der Waals surface area contributed by atoms with Gasteiger partial charge in [0.05, 0.1) is 0 Å². The summed E-state index contributed by atoms with van der Waals surface area (Å²) in [5, 5.41) is 0. The number of carbonyl (C=O) groups excluding carboxylic acids is 1. The average molecular weight is 266 g/mol. The summed E-state index contributed by atoms with van der Waals surface area (Å²) in [6, 6.07) is 0. The lowest BCUT2D eigenvalue weighted by Gasteiger charge is -2.31. The van der Waals surface area contributed by atoms with E-state index in [0.29, 0.717) is 10.2 Å². The molecular formula is C10H20BrNO2. The topological polar surface area (TPSA) is 26.3 Å². The maximum Gasteiger partial charge on any atom is 0.392 e. The fraction of sp³-hybridized carbons (Fsp3) is 0.700. The highest BCUT2D eigenvalue weighted by atomic mass is 79.9. The van der Waals surface area contributed by atoms with Crippen LogP contribution < -0.4 is 17.0 Å². The molecule has 0 N–H and O–H groups in total. The molecule has 0 saturated heterocycles. The van der Waals surface area contributed by atoms with E-state index in [1.165, 1.54) is 0 Å². The second-order valence-electron chi connectivity index (χ2n) is 3.17. The number of halogens is 1. The van der Waals surface area contributed by atoms with Gasteiger partial charge >= 0.3 is 5.97 Å². The molecular weight excluding hydrogens is 246 g/mol. The quantitative estimate of drug-likeness (QED) is 0.359. The molecule has 0 heterocycles. The predicted octanol–water partition coefficient (Wildman–Crippen LogP) is -1.10. The Morgan fingerprint density at radius 2 is 1.57 bits per heavy atom. The number of hydroxylamine groups is 3. The summed E-state index contributed by atoms with van der Waals surface area (Å²) in [4.78, 5) is 16.6. The molecule has 0 amide bonds. The zero-order valence-electron chi connectivity index (χ0n) is 9.47. The summed E-state index contributed by atoms with van der Waals surface area (Å²) in [7, 11) is 0. The van der Waals surface area contributed by atoms with Crippen molar-refractivity contribution in [2.75, 3.05) is 19.6 Å². The minimum Gasteiger partial charge on any atom is -1.00 e. The maximum absolute atomic E-state index is 11.3. The first-order valence-corrected chi connectivity index (χ1v) is 4.76. The Morgan fingerprint density at radius 1 is 1.21 bits per heavy atom. The second-order valence-corrected chi connectivity index (χ2v) is 3.17. The lowest BCUT2D eigenvalue weighted by Crippen LogP contribution is -3.00. The van der Waals surface area contributed by atoms with Crippen molar-refractivity contribution in [3.63, 3.8) is 0 Å². The number of nitrogens with zero attached hydrogens (tertiary/aromatic N) is 1. The molecule has 4 heteroatoms. The third-order valence-electron chi connectivity index (χ3n) is 2.35. The van der Waals surface area contributed by atoms with Crippen molar-refractivity contribution in [3.05, 3.63) is 12.2 Å². The van der Waals surface area contributed by atoms with Crippen LogP contribution in [-0.2, 0) is 9.63 Å². The van der Waals surface area contributed by atoms with Crippen LogP contribution in [0.25, 0.3) is 0 Å². The highest BCUT2D eigenvalue weighted by molar-refractivity contribution is 5.86. The normalized spacial score (nSPS) is 10.3. The standard InChI is InChI=1S/C10H20NO2.BrH/c1-6-11(7-2,8-3)13-10(12)9(4)5;/h4,6-8H2,1-3,5H3;1H/q+1;/p-1. The van der Waals surface area contributed by atoms with Crippen molar-refractivity contribution in [1.82, 2.24) is 0 Å². The van der Waals surface area contributed by atoms with E-state index in [9.17, 15) is 4.79 Å². The molecule has 0 bridgehead atoms. The summed E-state index contributed by atoms with van der Waals surface area (Å²) >= 11 is 0. The number of rotatable bonds is 5. The van der Waals surface area contributed by atoms with Gasteiger partial charge in [-0.2, -0.15) is 0 Å². The van der Waals surface area contributed by atoms with Crippen molar-refractivity contribution >= 4 is 5.97 Å². The summed E-state index contributed by atoms with van der Waals surface area (Å²) in [6.07, 6.45) is 0. The minimum atomic E-state index is -0.300. The average Bonchev–Trinajstić information content (AvgIpc) is 2.14. The molecule has 84 valence electrons. The van der Waals surface area contributed by atoms with Gasteiger partial charge in [-0.25, -0.2) is 4.79 Å². The molecule has 3 nitrogen and oxygen atoms in total. The van der Waals surface area contributed by atoms with Crippen molar-refractivity contribution in [2.24, 2.45) is 0 Å². The summed E-state index contributed by atoms with van der Waals surface area (Å²) in [5.41, 5.74) is 0.456. The van der Waals surface area contributed by atoms with Gasteiger partial charge in [0.15, 0.2) is 0 Å². The van der Waals surface area contributed by atoms with Crippen LogP contribution >= 0.6 is 0 Å². The number of hydrogen-bond acceptors (Lipinski definition) is 2. The molecule has 0 aromatic heterocycles. The van der Waals surface area contributed by atoms with E-state index < -0.39 is 0 Å². The first-order chi connectivity index (χ1) is 6.01. The van der Waals surface area contributed by atoms with Crippen LogP contribution in [0.5, 0.6) is 0 Å². The molecule has 0 aliphatic heterocycles. The van der Waals surface area contributed by atoms with Crippen LogP contribution in [0, 0.1) is 0 Å². The molecule has 0 aliphatic carbocycles. The first-order valence-electron chi connectivity index (χ1n) is 4.76. The van der Waals surface area contributed by atoms with Crippen molar-refractivity contribution in [1.29, 1.82) is 0 Å². The monoisotopic (exact) mass is 265 g/mol. The number of hydrogen-bond donors (Lipinski definition) is 0. The van der Waals surface area contributed by atoms with Gasteiger partial charge in [-0.1, -0.05) is 6.58 Å². The summed E-state index contributed by atoms with van der Waals surface area (Å²) in [6.45, 7) is 13.7. The largest absolute Gasteiger partial charge is 1.00 e. The van der Waals surface area contributed by atoms with Gasteiger partial charge in [0.1, 0.15) is 19.6 Å². The molecule has 0 saturated carbocycles. The van der Waals surface area contributed by atoms with Crippen molar-refractivity contribution < 1.29 is 31.3 Å². The molecule has 0 atom stereocenters. The SMILES string of the molecule is C=C(C)C(=O)O[N+](CC)(CC)CC.[Br-]. The molecule has 0 aromatic carbocycles. The Hall–Kier alpha value is -0.350. The van der Waals surface area contributed by atoms with E-state index >= 15 is 0 Å². The van der Waals surface area contributed by atoms with Gasteiger partial charge in [-0.3, -0.25) is 4.84 Å². The first kappa shape index (κ1) is 16.1. The van der Waals surface area contributed by atoms with E-state index in [2.05, 4.69) is 6.58 Å². The van der Waals surface area contributed by atoms with Crippen LogP contribution in [0.4, 0.5) is 0 Å². The summed E-state index contributed by atoms with van der Waals surface area (Å²) in [5.74, 6) is -0.300. The second kappa shape index (κ2) is 7.01. The highest BCUT2D eigenvalue weighted by Crippen LogP contribution is 2.09. The number of quaternary nitrogens is 1. The zero-order chi connectivity index (χ0) is 10.5. The molecule has 0 rings (SSSR count). The Labute approximate surface area is 97.0 Å². The van der Waals surface area contributed by atoms with E-state index in [1.807, 2.05) is 20.8 Å². The summed E-state index contributed by atoms with van der Waals surface area (Å²) < 4.78 is 0.381. The molecule has 0 spiro atoms. The third kappa shape index (κ3) is 4.24. The highest BCUT2D eigenvalue weighted by Gasteiger charge is 2.27. The smallest absolute Gasteiger partial charge is 0.392 e. The molecule has 0 aliphatic rings. The fourth-order valence-corrected chi connectivity index (χ4v) is 1.12. The molecule has 14 heavy (non-hydrogen) atoms. The van der Waals surface area contributed by atoms with Gasteiger partial charge < -0.3 is 17.0 Å². The maximum atomic E-state index is 11.3. The van der Waals surface area contributed by atoms with Gasteiger partial charge in [0, 0.05) is 5.57 Å². The minimum absolute atomic E-state index is 0. The van der Waals surface area contributed by atoms with Crippen LogP contribution in [0.15, 0.2) is 12.2 Å². The van der Waals surface area contributed by atoms with E-state index in [4.69, 9.17) is 4.84 Å². The van der Waals surface area contributed by atoms with Crippen molar-refractivity contribution in [2.45, 2.75) is 27.7 Å². The van der Waals surface area contributed by atoms with Crippen molar-refractivity contribution in [3.8, 4) is 0 Å². The molecule has 0 fully saturated rings. The lowest BCUT2D eigenvalue weighted by atomic mass is 10.4. The van der Waals surface area contributed by atoms with Crippen LogP contribution in [0.3, 0.4) is 0 Å². The fourth-order valence-electron chi connectivity index (χ4n) is 1.12. The molecule has 0 radical (unpaired) electrons. The zero-order valence-corrected chi connectivity index (χ0v) is 11.1. The Kier molecular flexibility index (Phi) is 8.06. The van der Waals surface area contributed by atoms with Gasteiger partial charge in [-0.05, 0) is 27.7 Å². The molecule has 0 aromatic rings. The van der Waals surface area contributed by atoms with Crippen LogP contribution in [0.1, 0.15) is 27.7 Å². The van der Waals surface area contributed by atoms with Crippen LogP contribution in [0.2, 0.25) is 0 Å². The van der Waals surface area contributed by atoms with E-state index in [1.54, 1.807) is 6.92 Å². The van der Waals surface area contributed by atoms with Crippen LogP contribution in [-0.4, -0.2) is 30.2 Å². The Balaban J connectivity index is 0. The van der Waals surface area contributed by atoms with Gasteiger partial charge in [-0.15, -0.1) is 4.65 Å². The molecule has 0 unspecified atom stereocenters. The van der Waals surface area contributed by atoms with E-state index in [0.717, 1.165) is 19.6 Å². The third-order valence-corrected chi connectivity index (χ3v) is 2.35. The van der Waals surface area contributed by atoms with E-state index in [-0.39, 0.29) is 23.0 Å². The van der Waals surface area contributed by atoms with Gasteiger partial charge in [0.2, 0.25) is 0 Å². The Bertz CT molecular complexity index is 192. The lowest BCUT2D eigenvalue weighted by molar-refractivity contribution is -1.08.